The molecule has 0 saturated carbocycles. The van der Waals surface area contributed by atoms with Crippen LogP contribution in [0.2, 0.25) is 0 Å². The van der Waals surface area contributed by atoms with Gasteiger partial charge >= 0.3 is 0 Å². The smallest absolute Gasteiger partial charge is 0.235 e. The first-order chi connectivity index (χ1) is 9.92. The molecule has 1 unspecified atom stereocenters. The van der Waals surface area contributed by atoms with Crippen LogP contribution in [-0.4, -0.2) is 31.3 Å². The van der Waals surface area contributed by atoms with Crippen molar-refractivity contribution in [2.75, 3.05) is 6.54 Å². The molecule has 4 rings (SSSR count). The molecule has 0 radical (unpaired) electrons. The maximum absolute atomic E-state index is 4.69. The van der Waals surface area contributed by atoms with E-state index < -0.39 is 0 Å². The van der Waals surface area contributed by atoms with Crippen molar-refractivity contribution in [1.82, 2.24) is 30.1 Å². The third-order valence-corrected chi connectivity index (χ3v) is 4.55. The van der Waals surface area contributed by atoms with Gasteiger partial charge in [-0.15, -0.1) is 10.2 Å². The van der Waals surface area contributed by atoms with E-state index in [1.165, 1.54) is 12.8 Å². The third kappa shape index (κ3) is 1.99. The molecule has 0 amide bonds. The summed E-state index contributed by atoms with van der Waals surface area (Å²) < 4.78 is 1.83. The van der Waals surface area contributed by atoms with E-state index in [1.54, 1.807) is 23.7 Å². The molecule has 1 aliphatic heterocycles. The minimum atomic E-state index is 0.359. The second-order valence-corrected chi connectivity index (χ2v) is 5.89. The highest BCUT2D eigenvalue weighted by atomic mass is 32.1. The summed E-state index contributed by atoms with van der Waals surface area (Å²) in [5, 5.41) is 17.7. The number of piperidine rings is 1. The summed E-state index contributed by atoms with van der Waals surface area (Å²) in [7, 11) is 0. The fraction of sp³-hybridized carbons (Fsp3) is 0.385. The van der Waals surface area contributed by atoms with Gasteiger partial charge in [0.05, 0.1) is 6.04 Å². The van der Waals surface area contributed by atoms with E-state index in [0.29, 0.717) is 6.04 Å². The Labute approximate surface area is 119 Å². The average Bonchev–Trinajstić information content (AvgIpc) is 3.09. The lowest BCUT2D eigenvalue weighted by atomic mass is 10.1. The van der Waals surface area contributed by atoms with Gasteiger partial charge in [0.1, 0.15) is 5.01 Å². The summed E-state index contributed by atoms with van der Waals surface area (Å²) in [5.41, 5.74) is 0.938. The van der Waals surface area contributed by atoms with Gasteiger partial charge in [-0.25, -0.2) is 0 Å². The van der Waals surface area contributed by atoms with Crippen molar-refractivity contribution < 1.29 is 0 Å². The topological polar surface area (TPSA) is 68.0 Å². The zero-order valence-electron chi connectivity index (χ0n) is 10.9. The van der Waals surface area contributed by atoms with Gasteiger partial charge in [-0.05, 0) is 31.5 Å². The third-order valence-electron chi connectivity index (χ3n) is 3.53. The predicted octanol–water partition coefficient (Wildman–Crippen LogP) is 2.06. The lowest BCUT2D eigenvalue weighted by molar-refractivity contribution is 0.408. The van der Waals surface area contributed by atoms with Crippen LogP contribution in [0.25, 0.3) is 16.3 Å². The Morgan fingerprint density at radius 3 is 3.10 bits per heavy atom. The van der Waals surface area contributed by atoms with Gasteiger partial charge in [0.15, 0.2) is 5.82 Å². The van der Waals surface area contributed by atoms with E-state index in [4.69, 9.17) is 5.10 Å². The van der Waals surface area contributed by atoms with E-state index in [0.717, 1.165) is 34.3 Å². The molecule has 4 heterocycles. The number of hydrogen-bond acceptors (Lipinski definition) is 6. The van der Waals surface area contributed by atoms with E-state index in [9.17, 15) is 0 Å². The van der Waals surface area contributed by atoms with E-state index >= 15 is 0 Å². The average molecular weight is 286 g/mol. The molecule has 3 aromatic rings. The van der Waals surface area contributed by atoms with Gasteiger partial charge in [0.2, 0.25) is 4.96 Å². The predicted molar refractivity (Wildman–Crippen MR) is 76.5 cm³/mol. The van der Waals surface area contributed by atoms with Gasteiger partial charge in [-0.3, -0.25) is 4.98 Å². The largest absolute Gasteiger partial charge is 0.308 e. The standard InChI is InChI=1S/C13H14N6S/c1-2-7-15-10(5-1)12-18-19-11(16-17-13(19)20-12)9-4-3-6-14-8-9/h3-4,6,8,10,15H,1-2,5,7H2. The Balaban J connectivity index is 1.75. The highest BCUT2D eigenvalue weighted by Gasteiger charge is 2.21. The molecule has 0 spiro atoms. The number of aromatic nitrogens is 5. The van der Waals surface area contributed by atoms with Crippen LogP contribution in [0.3, 0.4) is 0 Å². The van der Waals surface area contributed by atoms with Gasteiger partial charge in [0.25, 0.3) is 0 Å². The molecule has 0 aromatic carbocycles. The van der Waals surface area contributed by atoms with Crippen LogP contribution in [0.5, 0.6) is 0 Å². The van der Waals surface area contributed by atoms with Crippen LogP contribution in [0.1, 0.15) is 30.3 Å². The fourth-order valence-electron chi connectivity index (χ4n) is 2.51. The quantitative estimate of drug-likeness (QED) is 0.781. The van der Waals surface area contributed by atoms with Crippen LogP contribution in [0, 0.1) is 0 Å². The molecule has 3 aromatic heterocycles. The number of hydrogen-bond donors (Lipinski definition) is 1. The Bertz CT molecular complexity index is 713. The van der Waals surface area contributed by atoms with Crippen molar-refractivity contribution in [2.24, 2.45) is 0 Å². The highest BCUT2D eigenvalue weighted by Crippen LogP contribution is 2.28. The number of fused-ring (bicyclic) bond motifs is 1. The minimum Gasteiger partial charge on any atom is -0.308 e. The number of pyridine rings is 1. The lowest BCUT2D eigenvalue weighted by Crippen LogP contribution is -2.26. The zero-order chi connectivity index (χ0) is 13.4. The second-order valence-electron chi connectivity index (χ2n) is 4.90. The summed E-state index contributed by atoms with van der Waals surface area (Å²) in [6.45, 7) is 1.07. The first-order valence-electron chi connectivity index (χ1n) is 6.78. The Morgan fingerprint density at radius 2 is 2.30 bits per heavy atom. The van der Waals surface area contributed by atoms with Gasteiger partial charge < -0.3 is 5.32 Å². The van der Waals surface area contributed by atoms with Crippen LogP contribution in [0.15, 0.2) is 24.5 Å². The normalized spacial score (nSPS) is 19.5. The fourth-order valence-corrected chi connectivity index (χ4v) is 3.46. The maximum Gasteiger partial charge on any atom is 0.235 e. The summed E-state index contributed by atoms with van der Waals surface area (Å²) in [6, 6.07) is 4.23. The summed E-state index contributed by atoms with van der Waals surface area (Å²) in [5.74, 6) is 0.756. The van der Waals surface area contributed by atoms with Gasteiger partial charge in [-0.1, -0.05) is 17.8 Å². The molecule has 7 heteroatoms. The molecule has 0 bridgehead atoms. The lowest BCUT2D eigenvalue weighted by Gasteiger charge is -2.20. The summed E-state index contributed by atoms with van der Waals surface area (Å²) in [6.07, 6.45) is 7.19. The molecule has 1 saturated heterocycles. The molecular formula is C13H14N6S. The number of rotatable bonds is 2. The highest BCUT2D eigenvalue weighted by molar-refractivity contribution is 7.16. The summed E-state index contributed by atoms with van der Waals surface area (Å²) in [4.78, 5) is 4.97. The van der Waals surface area contributed by atoms with Crippen LogP contribution < -0.4 is 5.32 Å². The Morgan fingerprint density at radius 1 is 1.30 bits per heavy atom. The molecule has 1 N–H and O–H groups in total. The van der Waals surface area contributed by atoms with Gasteiger partial charge in [0, 0.05) is 18.0 Å². The van der Waals surface area contributed by atoms with Crippen LogP contribution >= 0.6 is 11.3 Å². The van der Waals surface area contributed by atoms with E-state index in [1.807, 2.05) is 16.6 Å². The van der Waals surface area contributed by atoms with Crippen LogP contribution in [-0.2, 0) is 0 Å². The molecule has 102 valence electrons. The number of nitrogens with zero attached hydrogens (tertiary/aromatic N) is 5. The molecule has 6 nitrogen and oxygen atoms in total. The molecule has 1 atom stereocenters. The second kappa shape index (κ2) is 4.92. The van der Waals surface area contributed by atoms with Crippen molar-refractivity contribution >= 4 is 16.3 Å². The van der Waals surface area contributed by atoms with Crippen LogP contribution in [0.4, 0.5) is 0 Å². The van der Waals surface area contributed by atoms with Crippen molar-refractivity contribution in [3.8, 4) is 11.4 Å². The molecule has 1 aliphatic rings. The molecule has 0 aliphatic carbocycles. The maximum atomic E-state index is 4.69. The number of nitrogens with one attached hydrogen (secondary N) is 1. The Hall–Kier alpha value is -1.86. The van der Waals surface area contributed by atoms with E-state index in [-0.39, 0.29) is 0 Å². The molecular weight excluding hydrogens is 272 g/mol. The molecule has 1 fully saturated rings. The minimum absolute atomic E-state index is 0.359. The van der Waals surface area contributed by atoms with Crippen molar-refractivity contribution in [3.05, 3.63) is 29.5 Å². The first kappa shape index (κ1) is 11.9. The Kier molecular flexibility index (Phi) is 2.93. The SMILES string of the molecule is c1cncc(-c2nnc3sc(C4CCCCN4)nn23)c1. The monoisotopic (exact) mass is 286 g/mol. The van der Waals surface area contributed by atoms with Crippen molar-refractivity contribution in [2.45, 2.75) is 25.3 Å². The van der Waals surface area contributed by atoms with Gasteiger partial charge in [-0.2, -0.15) is 9.61 Å². The summed E-state index contributed by atoms with van der Waals surface area (Å²) >= 11 is 1.61. The van der Waals surface area contributed by atoms with Crippen molar-refractivity contribution in [3.63, 3.8) is 0 Å². The van der Waals surface area contributed by atoms with Crippen molar-refractivity contribution in [1.29, 1.82) is 0 Å². The zero-order valence-corrected chi connectivity index (χ0v) is 11.7. The molecule has 20 heavy (non-hydrogen) atoms. The first-order valence-corrected chi connectivity index (χ1v) is 7.59. The van der Waals surface area contributed by atoms with E-state index in [2.05, 4.69) is 20.5 Å².